The molecule has 2 N–H and O–H groups in total. The zero-order valence-corrected chi connectivity index (χ0v) is 11.9. The molecule has 0 saturated carbocycles. The molecule has 3 rings (SSSR count). The number of ether oxygens (including phenoxy) is 1. The van der Waals surface area contributed by atoms with Gasteiger partial charge in [-0.15, -0.1) is 0 Å². The number of rotatable bonds is 5. The third-order valence-corrected chi connectivity index (χ3v) is 3.86. The van der Waals surface area contributed by atoms with Gasteiger partial charge in [0.2, 0.25) is 0 Å². The van der Waals surface area contributed by atoms with Crippen LogP contribution in [0.1, 0.15) is 18.5 Å². The van der Waals surface area contributed by atoms with Gasteiger partial charge >= 0.3 is 0 Å². The van der Waals surface area contributed by atoms with E-state index in [1.165, 1.54) is 0 Å². The van der Waals surface area contributed by atoms with E-state index in [0.29, 0.717) is 18.8 Å². The molecule has 0 amide bonds. The van der Waals surface area contributed by atoms with Crippen molar-refractivity contribution in [3.05, 3.63) is 42.2 Å². The lowest BCUT2D eigenvalue weighted by Gasteiger charge is -2.37. The second-order valence-electron chi connectivity index (χ2n) is 5.43. The van der Waals surface area contributed by atoms with Crippen molar-refractivity contribution in [1.82, 2.24) is 20.3 Å². The summed E-state index contributed by atoms with van der Waals surface area (Å²) in [7, 11) is 0. The van der Waals surface area contributed by atoms with Crippen LogP contribution in [0.5, 0.6) is 5.75 Å². The summed E-state index contributed by atoms with van der Waals surface area (Å²) in [5.41, 5.74) is -0.283. The Morgan fingerprint density at radius 1 is 1.33 bits per heavy atom. The first kappa shape index (κ1) is 14.0. The number of H-pyrrole nitrogens is 1. The number of nitrogens with zero attached hydrogens (tertiary/aromatic N) is 3. The van der Waals surface area contributed by atoms with Crippen LogP contribution in [0.25, 0.3) is 0 Å². The molecule has 1 aromatic carbocycles. The highest BCUT2D eigenvalue weighted by Crippen LogP contribution is 2.29. The molecule has 1 saturated heterocycles. The first-order valence-corrected chi connectivity index (χ1v) is 7.25. The van der Waals surface area contributed by atoms with Crippen molar-refractivity contribution < 1.29 is 9.84 Å². The fraction of sp³-hybridized carbons (Fsp3) is 0.467. The average Bonchev–Trinajstić information content (AvgIpc) is 3.04. The minimum absolute atomic E-state index is 0.567. The minimum Gasteiger partial charge on any atom is -0.492 e. The molecular weight excluding hydrogens is 268 g/mol. The predicted octanol–water partition coefficient (Wildman–Crippen LogP) is 1.17. The summed E-state index contributed by atoms with van der Waals surface area (Å²) in [6.07, 6.45) is 3.26. The first-order chi connectivity index (χ1) is 10.3. The maximum Gasteiger partial charge on any atom is 0.123 e. The zero-order chi connectivity index (χ0) is 14.5. The first-order valence-electron chi connectivity index (χ1n) is 7.25. The Morgan fingerprint density at radius 3 is 2.95 bits per heavy atom. The molecule has 21 heavy (non-hydrogen) atoms. The molecule has 1 atom stereocenters. The van der Waals surface area contributed by atoms with Crippen LogP contribution in [0.2, 0.25) is 0 Å². The number of aliphatic hydroxyl groups is 1. The highest BCUT2D eigenvalue weighted by Gasteiger charge is 2.36. The highest BCUT2D eigenvalue weighted by atomic mass is 16.5. The van der Waals surface area contributed by atoms with Gasteiger partial charge in [-0.3, -0.25) is 4.90 Å². The number of hydrogen-bond donors (Lipinski definition) is 2. The molecule has 2 heterocycles. The van der Waals surface area contributed by atoms with Gasteiger partial charge in [0, 0.05) is 13.1 Å². The quantitative estimate of drug-likeness (QED) is 0.864. The number of para-hydroxylation sites is 1. The molecule has 6 nitrogen and oxygen atoms in total. The largest absolute Gasteiger partial charge is 0.492 e. The van der Waals surface area contributed by atoms with Crippen LogP contribution in [0, 0.1) is 0 Å². The molecule has 0 spiro atoms. The average molecular weight is 288 g/mol. The van der Waals surface area contributed by atoms with Gasteiger partial charge in [-0.25, -0.2) is 0 Å². The van der Waals surface area contributed by atoms with Gasteiger partial charge in [0.1, 0.15) is 23.7 Å². The van der Waals surface area contributed by atoms with Crippen LogP contribution in [0.3, 0.4) is 0 Å². The smallest absolute Gasteiger partial charge is 0.123 e. The maximum atomic E-state index is 10.7. The third kappa shape index (κ3) is 3.40. The lowest BCUT2D eigenvalue weighted by molar-refractivity contribution is -0.0412. The zero-order valence-electron chi connectivity index (χ0n) is 11.9. The molecule has 0 bridgehead atoms. The molecule has 112 valence electrons. The summed E-state index contributed by atoms with van der Waals surface area (Å²) < 4.78 is 5.71. The SMILES string of the molecule is O[C@@]1(c2cn[nH]n2)CCCN(CCOc2ccccc2)C1. The van der Waals surface area contributed by atoms with Crippen molar-refractivity contribution in [3.63, 3.8) is 0 Å². The second kappa shape index (κ2) is 6.24. The molecule has 1 fully saturated rings. The van der Waals surface area contributed by atoms with E-state index in [0.717, 1.165) is 31.7 Å². The topological polar surface area (TPSA) is 74.3 Å². The van der Waals surface area contributed by atoms with Crippen molar-refractivity contribution >= 4 is 0 Å². The van der Waals surface area contributed by atoms with Crippen molar-refractivity contribution in [2.45, 2.75) is 18.4 Å². The number of aromatic nitrogens is 3. The van der Waals surface area contributed by atoms with Crippen LogP contribution in [-0.2, 0) is 5.60 Å². The van der Waals surface area contributed by atoms with Crippen molar-refractivity contribution in [3.8, 4) is 5.75 Å². The Hall–Kier alpha value is -1.92. The van der Waals surface area contributed by atoms with E-state index in [2.05, 4.69) is 20.3 Å². The second-order valence-corrected chi connectivity index (χ2v) is 5.43. The fourth-order valence-corrected chi connectivity index (χ4v) is 2.76. The number of nitrogens with one attached hydrogen (secondary N) is 1. The van der Waals surface area contributed by atoms with Crippen molar-refractivity contribution in [2.75, 3.05) is 26.2 Å². The van der Waals surface area contributed by atoms with Gasteiger partial charge in [-0.2, -0.15) is 15.4 Å². The molecule has 1 aliphatic heterocycles. The normalized spacial score (nSPS) is 23.1. The van der Waals surface area contributed by atoms with E-state index < -0.39 is 5.60 Å². The van der Waals surface area contributed by atoms with Crippen LogP contribution >= 0.6 is 0 Å². The minimum atomic E-state index is -0.905. The summed E-state index contributed by atoms with van der Waals surface area (Å²) in [5.74, 6) is 0.876. The van der Waals surface area contributed by atoms with Gasteiger partial charge in [-0.1, -0.05) is 18.2 Å². The predicted molar refractivity (Wildman–Crippen MR) is 77.9 cm³/mol. The maximum absolute atomic E-state index is 10.7. The third-order valence-electron chi connectivity index (χ3n) is 3.86. The molecule has 0 aliphatic carbocycles. The Kier molecular flexibility index (Phi) is 4.17. The number of benzene rings is 1. The van der Waals surface area contributed by atoms with Gasteiger partial charge in [0.05, 0.1) is 6.20 Å². The molecule has 1 aromatic heterocycles. The van der Waals surface area contributed by atoms with E-state index >= 15 is 0 Å². The summed E-state index contributed by atoms with van der Waals surface area (Å²) in [5, 5.41) is 21.1. The van der Waals surface area contributed by atoms with E-state index in [-0.39, 0.29) is 0 Å². The monoisotopic (exact) mass is 288 g/mol. The summed E-state index contributed by atoms with van der Waals surface area (Å²) in [6.45, 7) is 2.93. The molecule has 1 aliphatic rings. The van der Waals surface area contributed by atoms with Gasteiger partial charge in [0.25, 0.3) is 0 Å². The van der Waals surface area contributed by atoms with Crippen molar-refractivity contribution in [2.24, 2.45) is 0 Å². The van der Waals surface area contributed by atoms with Crippen LogP contribution in [0.15, 0.2) is 36.5 Å². The Labute approximate surface area is 123 Å². The van der Waals surface area contributed by atoms with Gasteiger partial charge in [0.15, 0.2) is 0 Å². The van der Waals surface area contributed by atoms with E-state index in [9.17, 15) is 5.11 Å². The molecule has 2 aromatic rings. The Morgan fingerprint density at radius 2 is 2.19 bits per heavy atom. The lowest BCUT2D eigenvalue weighted by atomic mass is 9.90. The molecular formula is C15H20N4O2. The Bertz CT molecular complexity index is 546. The van der Waals surface area contributed by atoms with Crippen LogP contribution in [-0.4, -0.2) is 51.7 Å². The van der Waals surface area contributed by atoms with Gasteiger partial charge in [-0.05, 0) is 31.5 Å². The fourth-order valence-electron chi connectivity index (χ4n) is 2.76. The van der Waals surface area contributed by atoms with Gasteiger partial charge < -0.3 is 9.84 Å². The number of aromatic amines is 1. The van der Waals surface area contributed by atoms with E-state index in [4.69, 9.17) is 4.74 Å². The van der Waals surface area contributed by atoms with E-state index in [1.54, 1.807) is 6.20 Å². The molecule has 6 heteroatoms. The lowest BCUT2D eigenvalue weighted by Crippen LogP contribution is -2.47. The number of piperidine rings is 1. The number of hydrogen-bond acceptors (Lipinski definition) is 5. The Balaban J connectivity index is 1.52. The molecule has 0 unspecified atom stereocenters. The summed E-state index contributed by atoms with van der Waals surface area (Å²) in [4.78, 5) is 2.21. The summed E-state index contributed by atoms with van der Waals surface area (Å²) >= 11 is 0. The molecule has 0 radical (unpaired) electrons. The highest BCUT2D eigenvalue weighted by molar-refractivity contribution is 5.20. The van der Waals surface area contributed by atoms with Crippen LogP contribution in [0.4, 0.5) is 0 Å². The van der Waals surface area contributed by atoms with Crippen LogP contribution < -0.4 is 4.74 Å². The standard InChI is InChI=1S/C15H20N4O2/c20-15(14-11-16-18-17-14)7-4-8-19(12-15)9-10-21-13-5-2-1-3-6-13/h1-3,5-6,11,20H,4,7-10,12H2,(H,16,17,18)/t15-/m0/s1. The number of likely N-dealkylation sites (tertiary alicyclic amines) is 1. The summed E-state index contributed by atoms with van der Waals surface area (Å²) in [6, 6.07) is 9.78. The number of β-amino-alcohol motifs (C(OH)–C–C–N with tert-alkyl or cyclic N) is 1. The van der Waals surface area contributed by atoms with E-state index in [1.807, 2.05) is 30.3 Å². The van der Waals surface area contributed by atoms with Crippen molar-refractivity contribution in [1.29, 1.82) is 0 Å².